The van der Waals surface area contributed by atoms with Crippen molar-refractivity contribution < 1.29 is 4.39 Å². The first-order valence-electron chi connectivity index (χ1n) is 7.08. The second kappa shape index (κ2) is 6.69. The third-order valence-corrected chi connectivity index (χ3v) is 4.32. The van der Waals surface area contributed by atoms with E-state index in [2.05, 4.69) is 11.8 Å². The molecule has 1 aromatic carbocycles. The molecule has 1 heterocycles. The van der Waals surface area contributed by atoms with Crippen LogP contribution in [0.25, 0.3) is 0 Å². The fraction of sp³-hybridized carbons (Fsp3) is 0.600. The van der Waals surface area contributed by atoms with Crippen molar-refractivity contribution in [2.75, 3.05) is 13.1 Å². The van der Waals surface area contributed by atoms with Gasteiger partial charge in [0, 0.05) is 23.2 Å². The van der Waals surface area contributed by atoms with Gasteiger partial charge in [-0.1, -0.05) is 31.0 Å². The quantitative estimate of drug-likeness (QED) is 0.912. The molecule has 2 nitrogen and oxygen atoms in total. The number of hydrogen-bond acceptors (Lipinski definition) is 2. The van der Waals surface area contributed by atoms with Crippen molar-refractivity contribution in [1.82, 2.24) is 4.90 Å². The summed E-state index contributed by atoms with van der Waals surface area (Å²) in [4.78, 5) is 2.37. The summed E-state index contributed by atoms with van der Waals surface area (Å²) >= 11 is 5.82. The van der Waals surface area contributed by atoms with Gasteiger partial charge in [-0.05, 0) is 37.9 Å². The van der Waals surface area contributed by atoms with Gasteiger partial charge in [0.25, 0.3) is 0 Å². The van der Waals surface area contributed by atoms with Crippen molar-refractivity contribution >= 4 is 11.6 Å². The minimum absolute atomic E-state index is 0.0393. The van der Waals surface area contributed by atoms with E-state index in [0.29, 0.717) is 23.2 Å². The van der Waals surface area contributed by atoms with E-state index in [9.17, 15) is 4.39 Å². The lowest BCUT2D eigenvalue weighted by Crippen LogP contribution is -2.44. The third kappa shape index (κ3) is 3.28. The molecule has 2 unspecified atom stereocenters. The highest BCUT2D eigenvalue weighted by Gasteiger charge is 2.29. The molecule has 0 amide bonds. The molecular formula is C15H22ClFN2. The molecule has 106 valence electrons. The van der Waals surface area contributed by atoms with Gasteiger partial charge in [-0.3, -0.25) is 4.90 Å². The molecule has 1 aromatic rings. The summed E-state index contributed by atoms with van der Waals surface area (Å²) < 4.78 is 14.1. The lowest BCUT2D eigenvalue weighted by molar-refractivity contribution is 0.0930. The van der Waals surface area contributed by atoms with Crippen LogP contribution in [0.1, 0.15) is 44.2 Å². The van der Waals surface area contributed by atoms with E-state index in [0.717, 1.165) is 13.0 Å². The molecule has 2 N–H and O–H groups in total. The molecule has 19 heavy (non-hydrogen) atoms. The van der Waals surface area contributed by atoms with Gasteiger partial charge < -0.3 is 5.73 Å². The van der Waals surface area contributed by atoms with Crippen LogP contribution in [0.5, 0.6) is 0 Å². The minimum Gasteiger partial charge on any atom is -0.329 e. The molecule has 0 spiro atoms. The number of halogens is 2. The van der Waals surface area contributed by atoms with Gasteiger partial charge in [-0.15, -0.1) is 0 Å². The SMILES string of the molecule is CCC1CCCCN1C(CN)c1ccc(Cl)cc1F. The molecule has 2 atom stereocenters. The average molecular weight is 285 g/mol. The monoisotopic (exact) mass is 284 g/mol. The molecule has 1 fully saturated rings. The molecule has 2 rings (SSSR count). The first kappa shape index (κ1) is 14.8. The Morgan fingerprint density at radius 1 is 1.47 bits per heavy atom. The Labute approximate surface area is 119 Å². The molecule has 0 aliphatic carbocycles. The van der Waals surface area contributed by atoms with Crippen LogP contribution in [0.2, 0.25) is 5.02 Å². The standard InChI is InChI=1S/C15H22ClFN2/c1-2-12-5-3-4-8-19(12)15(10-18)13-7-6-11(16)9-14(13)17/h6-7,9,12,15H,2-5,8,10,18H2,1H3. The Bertz CT molecular complexity index is 425. The van der Waals surface area contributed by atoms with Crippen molar-refractivity contribution in [3.63, 3.8) is 0 Å². The normalized spacial score (nSPS) is 22.4. The smallest absolute Gasteiger partial charge is 0.129 e. The predicted molar refractivity (Wildman–Crippen MR) is 77.8 cm³/mol. The maximum absolute atomic E-state index is 14.1. The Morgan fingerprint density at radius 3 is 2.89 bits per heavy atom. The Kier molecular flexibility index (Phi) is 5.20. The fourth-order valence-electron chi connectivity index (χ4n) is 3.08. The van der Waals surface area contributed by atoms with Crippen molar-refractivity contribution in [3.8, 4) is 0 Å². The fourth-order valence-corrected chi connectivity index (χ4v) is 3.24. The van der Waals surface area contributed by atoms with E-state index in [-0.39, 0.29) is 11.9 Å². The Morgan fingerprint density at radius 2 is 2.26 bits per heavy atom. The van der Waals surface area contributed by atoms with E-state index in [1.807, 2.05) is 0 Å². The van der Waals surface area contributed by atoms with Crippen LogP contribution in [-0.4, -0.2) is 24.0 Å². The zero-order valence-electron chi connectivity index (χ0n) is 11.4. The molecule has 1 aliphatic rings. The van der Waals surface area contributed by atoms with Crippen LogP contribution in [0.3, 0.4) is 0 Å². The molecule has 1 aliphatic heterocycles. The number of nitrogens with two attached hydrogens (primary N) is 1. The van der Waals surface area contributed by atoms with E-state index >= 15 is 0 Å². The number of hydrogen-bond donors (Lipinski definition) is 1. The summed E-state index contributed by atoms with van der Waals surface area (Å²) in [6.45, 7) is 3.63. The minimum atomic E-state index is -0.247. The summed E-state index contributed by atoms with van der Waals surface area (Å²) in [6.07, 6.45) is 4.70. The van der Waals surface area contributed by atoms with Crippen molar-refractivity contribution in [2.24, 2.45) is 5.73 Å². The molecule has 4 heteroatoms. The first-order valence-corrected chi connectivity index (χ1v) is 7.46. The molecule has 1 saturated heterocycles. The topological polar surface area (TPSA) is 29.3 Å². The van der Waals surface area contributed by atoms with E-state index in [1.54, 1.807) is 12.1 Å². The van der Waals surface area contributed by atoms with Gasteiger partial charge in [-0.25, -0.2) is 4.39 Å². The molecule has 0 aromatic heterocycles. The average Bonchev–Trinajstić information content (AvgIpc) is 2.42. The third-order valence-electron chi connectivity index (χ3n) is 4.09. The van der Waals surface area contributed by atoms with E-state index < -0.39 is 0 Å². The van der Waals surface area contributed by atoms with Gasteiger partial charge in [0.05, 0.1) is 6.04 Å². The van der Waals surface area contributed by atoms with Crippen LogP contribution in [0, 0.1) is 5.82 Å². The zero-order chi connectivity index (χ0) is 13.8. The lowest BCUT2D eigenvalue weighted by Gasteiger charge is -2.41. The second-order valence-corrected chi connectivity index (χ2v) is 5.65. The van der Waals surface area contributed by atoms with Gasteiger partial charge in [0.15, 0.2) is 0 Å². The van der Waals surface area contributed by atoms with Crippen molar-refractivity contribution in [3.05, 3.63) is 34.6 Å². The number of piperidine rings is 1. The molecule has 0 saturated carbocycles. The summed E-state index contributed by atoms with van der Waals surface area (Å²) in [5.41, 5.74) is 6.59. The van der Waals surface area contributed by atoms with Crippen molar-refractivity contribution in [2.45, 2.75) is 44.7 Å². The number of likely N-dealkylation sites (tertiary alicyclic amines) is 1. The summed E-state index contributed by atoms with van der Waals surface area (Å²) in [5, 5.41) is 0.433. The summed E-state index contributed by atoms with van der Waals surface area (Å²) in [5.74, 6) is -0.247. The van der Waals surface area contributed by atoms with Crippen molar-refractivity contribution in [1.29, 1.82) is 0 Å². The van der Waals surface area contributed by atoms with Gasteiger partial charge >= 0.3 is 0 Å². The molecular weight excluding hydrogens is 263 g/mol. The summed E-state index contributed by atoms with van der Waals surface area (Å²) in [7, 11) is 0. The molecule has 0 radical (unpaired) electrons. The number of benzene rings is 1. The van der Waals surface area contributed by atoms with Crippen LogP contribution in [0.4, 0.5) is 4.39 Å². The number of rotatable bonds is 4. The highest BCUT2D eigenvalue weighted by atomic mass is 35.5. The van der Waals surface area contributed by atoms with Gasteiger partial charge in [0.2, 0.25) is 0 Å². The summed E-state index contributed by atoms with van der Waals surface area (Å²) in [6, 6.07) is 5.37. The Hall–Kier alpha value is -0.640. The van der Waals surface area contributed by atoms with Gasteiger partial charge in [-0.2, -0.15) is 0 Å². The highest BCUT2D eigenvalue weighted by Crippen LogP contribution is 2.31. The number of nitrogens with zero attached hydrogens (tertiary/aromatic N) is 1. The van der Waals surface area contributed by atoms with Gasteiger partial charge in [0.1, 0.15) is 5.82 Å². The van der Waals surface area contributed by atoms with E-state index in [4.69, 9.17) is 17.3 Å². The van der Waals surface area contributed by atoms with Crippen LogP contribution < -0.4 is 5.73 Å². The van der Waals surface area contributed by atoms with Crippen LogP contribution in [0.15, 0.2) is 18.2 Å². The maximum Gasteiger partial charge on any atom is 0.129 e. The lowest BCUT2D eigenvalue weighted by atomic mass is 9.94. The van der Waals surface area contributed by atoms with Crippen LogP contribution in [-0.2, 0) is 0 Å². The first-order chi connectivity index (χ1) is 9.17. The highest BCUT2D eigenvalue weighted by molar-refractivity contribution is 6.30. The zero-order valence-corrected chi connectivity index (χ0v) is 12.2. The maximum atomic E-state index is 14.1. The van der Waals surface area contributed by atoms with E-state index in [1.165, 1.54) is 25.3 Å². The Balaban J connectivity index is 2.27. The predicted octanol–water partition coefficient (Wildman–Crippen LogP) is 3.74. The largest absolute Gasteiger partial charge is 0.329 e. The molecule has 0 bridgehead atoms. The second-order valence-electron chi connectivity index (χ2n) is 5.21. The van der Waals surface area contributed by atoms with Crippen LogP contribution >= 0.6 is 11.6 Å².